The molecule has 98 valence electrons. The lowest BCUT2D eigenvalue weighted by molar-refractivity contribution is -0.122. The molecule has 0 aliphatic heterocycles. The summed E-state index contributed by atoms with van der Waals surface area (Å²) < 4.78 is 5.58. The number of rotatable bonds is 5. The minimum absolute atomic E-state index is 0.0576. The van der Waals surface area contributed by atoms with Crippen molar-refractivity contribution in [2.75, 3.05) is 6.61 Å². The van der Waals surface area contributed by atoms with Gasteiger partial charge in [0.25, 0.3) is 0 Å². The molecule has 0 aliphatic rings. The largest absolute Gasteiger partial charge is 0.454 e. The summed E-state index contributed by atoms with van der Waals surface area (Å²) in [5.74, 6) is -2.35. The first-order chi connectivity index (χ1) is 8.97. The Morgan fingerprint density at radius 3 is 2.63 bits per heavy atom. The van der Waals surface area contributed by atoms with Gasteiger partial charge in [0.15, 0.2) is 12.4 Å². The first-order valence-electron chi connectivity index (χ1n) is 5.36. The number of esters is 1. The van der Waals surface area contributed by atoms with Crippen molar-refractivity contribution in [1.29, 1.82) is 10.7 Å². The number of carbonyl (C=O) groups is 2. The van der Waals surface area contributed by atoms with E-state index < -0.39 is 24.3 Å². The molecule has 0 saturated carbocycles. The minimum atomic E-state index is -1.15. The van der Waals surface area contributed by atoms with Crippen LogP contribution in [-0.4, -0.2) is 24.1 Å². The average Bonchev–Trinajstić information content (AvgIpc) is 2.37. The lowest BCUT2D eigenvalue weighted by atomic mass is 10.0. The van der Waals surface area contributed by atoms with Gasteiger partial charge in [0.2, 0.25) is 0 Å². The van der Waals surface area contributed by atoms with Gasteiger partial charge < -0.3 is 10.1 Å². The van der Waals surface area contributed by atoms with Crippen LogP contribution in [0.5, 0.6) is 0 Å². The molecule has 0 aliphatic carbocycles. The molecule has 1 rings (SSSR count). The molecule has 1 atom stereocenters. The number of Topliss-reactive ketones (excluding diaryl/α,β-unsaturated/α-hetero) is 1. The number of hydrogen-bond acceptors (Lipinski definition) is 5. The number of ketones is 1. The van der Waals surface area contributed by atoms with E-state index in [9.17, 15) is 9.59 Å². The Morgan fingerprint density at radius 1 is 1.47 bits per heavy atom. The number of nitrogens with zero attached hydrogens (tertiary/aromatic N) is 1. The number of ether oxygens (including phenoxy) is 1. The summed E-state index contributed by atoms with van der Waals surface area (Å²) >= 11 is 1.99. The zero-order chi connectivity index (χ0) is 14.4. The molecule has 0 aromatic heterocycles. The molecule has 6 heteroatoms. The van der Waals surface area contributed by atoms with Crippen molar-refractivity contribution in [1.82, 2.24) is 0 Å². The first kappa shape index (κ1) is 15.3. The molecule has 5 nitrogen and oxygen atoms in total. The second kappa shape index (κ2) is 6.99. The minimum Gasteiger partial charge on any atom is -0.454 e. The third-order valence-corrected chi connectivity index (χ3v) is 3.26. The van der Waals surface area contributed by atoms with Crippen molar-refractivity contribution in [3.05, 3.63) is 33.4 Å². The van der Waals surface area contributed by atoms with Gasteiger partial charge in [-0.1, -0.05) is 12.1 Å². The predicted octanol–water partition coefficient (Wildman–Crippen LogP) is 2.20. The lowest BCUT2D eigenvalue weighted by Gasteiger charge is -2.08. The monoisotopic (exact) mass is 370 g/mol. The van der Waals surface area contributed by atoms with E-state index in [1.165, 1.54) is 6.92 Å². The highest BCUT2D eigenvalue weighted by atomic mass is 127. The maximum Gasteiger partial charge on any atom is 0.339 e. The van der Waals surface area contributed by atoms with Crippen LogP contribution in [0.4, 0.5) is 0 Å². The van der Waals surface area contributed by atoms with Gasteiger partial charge in [-0.3, -0.25) is 4.79 Å². The van der Waals surface area contributed by atoms with Crippen LogP contribution in [-0.2, 0) is 9.53 Å². The van der Waals surface area contributed by atoms with Crippen molar-refractivity contribution in [2.24, 2.45) is 5.92 Å². The van der Waals surface area contributed by atoms with Gasteiger partial charge in [-0.25, -0.2) is 4.79 Å². The van der Waals surface area contributed by atoms with E-state index in [0.29, 0.717) is 5.56 Å². The highest BCUT2D eigenvalue weighted by Crippen LogP contribution is 2.12. The smallest absolute Gasteiger partial charge is 0.339 e. The molecule has 1 N–H and O–H groups in total. The fraction of sp³-hybridized carbons (Fsp3) is 0.231. The quantitative estimate of drug-likeness (QED) is 0.489. The Bertz CT molecular complexity index is 563. The highest BCUT2D eigenvalue weighted by molar-refractivity contribution is 14.1. The number of hydrogen-bond donors (Lipinski definition) is 1. The fourth-order valence-corrected chi connectivity index (χ4v) is 1.94. The van der Waals surface area contributed by atoms with Gasteiger partial charge in [0.05, 0.1) is 11.6 Å². The van der Waals surface area contributed by atoms with Gasteiger partial charge in [0.1, 0.15) is 5.92 Å². The van der Waals surface area contributed by atoms with Crippen LogP contribution >= 0.6 is 22.6 Å². The van der Waals surface area contributed by atoms with E-state index in [0.717, 1.165) is 3.57 Å². The van der Waals surface area contributed by atoms with Crippen molar-refractivity contribution in [3.8, 4) is 6.07 Å². The van der Waals surface area contributed by atoms with Gasteiger partial charge in [-0.05, 0) is 41.6 Å². The number of benzene rings is 1. The molecule has 1 aromatic rings. The number of nitrogens with one attached hydrogen (secondary N) is 1. The second-order valence-corrected chi connectivity index (χ2v) is 4.93. The molecule has 0 amide bonds. The third-order valence-electron chi connectivity index (χ3n) is 2.32. The molecule has 1 aromatic carbocycles. The molecule has 0 heterocycles. The summed E-state index contributed by atoms with van der Waals surface area (Å²) in [6.45, 7) is 0.867. The maximum absolute atomic E-state index is 11.7. The Kier molecular flexibility index (Phi) is 5.63. The van der Waals surface area contributed by atoms with Gasteiger partial charge in [-0.15, -0.1) is 0 Å². The average molecular weight is 370 g/mol. The maximum atomic E-state index is 11.7. The van der Waals surface area contributed by atoms with Crippen LogP contribution in [0, 0.1) is 26.2 Å². The second-order valence-electron chi connectivity index (χ2n) is 3.77. The zero-order valence-corrected chi connectivity index (χ0v) is 12.3. The van der Waals surface area contributed by atoms with E-state index in [-0.39, 0.29) is 5.71 Å². The zero-order valence-electron chi connectivity index (χ0n) is 10.1. The third kappa shape index (κ3) is 4.13. The summed E-state index contributed by atoms with van der Waals surface area (Å²) in [5.41, 5.74) is 0.314. The topological polar surface area (TPSA) is 91.0 Å². The van der Waals surface area contributed by atoms with Crippen LogP contribution in [0.2, 0.25) is 0 Å². The fourth-order valence-electron chi connectivity index (χ4n) is 1.33. The van der Waals surface area contributed by atoms with E-state index >= 15 is 0 Å². The van der Waals surface area contributed by atoms with Gasteiger partial charge >= 0.3 is 5.97 Å². The summed E-state index contributed by atoms with van der Waals surface area (Å²) in [5, 5.41) is 16.0. The van der Waals surface area contributed by atoms with Crippen LogP contribution < -0.4 is 0 Å². The normalized spacial score (nSPS) is 11.2. The number of nitriles is 1. The lowest BCUT2D eigenvalue weighted by Crippen LogP contribution is -2.25. The molecule has 0 radical (unpaired) electrons. The highest BCUT2D eigenvalue weighted by Gasteiger charge is 2.22. The Morgan fingerprint density at radius 2 is 2.11 bits per heavy atom. The summed E-state index contributed by atoms with van der Waals surface area (Å²) in [4.78, 5) is 23.3. The van der Waals surface area contributed by atoms with Crippen LogP contribution in [0.25, 0.3) is 0 Å². The van der Waals surface area contributed by atoms with E-state index in [2.05, 4.69) is 0 Å². The van der Waals surface area contributed by atoms with Crippen molar-refractivity contribution >= 4 is 40.1 Å². The molecule has 0 saturated heterocycles. The van der Waals surface area contributed by atoms with E-state index in [1.807, 2.05) is 22.6 Å². The van der Waals surface area contributed by atoms with Crippen LogP contribution in [0.15, 0.2) is 24.3 Å². The predicted molar refractivity (Wildman–Crippen MR) is 77.0 cm³/mol. The van der Waals surface area contributed by atoms with Crippen LogP contribution in [0.1, 0.15) is 17.3 Å². The van der Waals surface area contributed by atoms with Gasteiger partial charge in [0, 0.05) is 9.28 Å². The van der Waals surface area contributed by atoms with E-state index in [4.69, 9.17) is 15.4 Å². The molecule has 0 fully saturated rings. The standard InChI is InChI=1S/C13H11IN2O3/c1-8(16)10(6-15)12(17)7-19-13(18)9-4-2-3-5-11(9)14/h2-5,10,16H,7H2,1H3. The van der Waals surface area contributed by atoms with Crippen molar-refractivity contribution in [2.45, 2.75) is 6.92 Å². The van der Waals surface area contributed by atoms with Crippen LogP contribution in [0.3, 0.4) is 0 Å². The number of carbonyl (C=O) groups excluding carboxylic acids is 2. The molecule has 19 heavy (non-hydrogen) atoms. The Balaban J connectivity index is 2.66. The van der Waals surface area contributed by atoms with E-state index in [1.54, 1.807) is 30.3 Å². The number of halogens is 1. The first-order valence-corrected chi connectivity index (χ1v) is 6.44. The van der Waals surface area contributed by atoms with Gasteiger partial charge in [-0.2, -0.15) is 5.26 Å². The molecule has 0 bridgehead atoms. The molecule has 0 spiro atoms. The Hall–Kier alpha value is -1.75. The SMILES string of the molecule is CC(=N)C(C#N)C(=O)COC(=O)c1ccccc1I. The van der Waals surface area contributed by atoms with Crippen molar-refractivity contribution < 1.29 is 14.3 Å². The molecular formula is C13H11IN2O3. The van der Waals surface area contributed by atoms with Crippen molar-refractivity contribution in [3.63, 3.8) is 0 Å². The summed E-state index contributed by atoms with van der Waals surface area (Å²) in [6.07, 6.45) is 0. The Labute approximate surface area is 124 Å². The summed E-state index contributed by atoms with van der Waals surface area (Å²) in [6, 6.07) is 8.53. The summed E-state index contributed by atoms with van der Waals surface area (Å²) in [7, 11) is 0. The molecule has 1 unspecified atom stereocenters. The molecular weight excluding hydrogens is 359 g/mol.